The average molecular weight is 530 g/mol. The summed E-state index contributed by atoms with van der Waals surface area (Å²) in [5.74, 6) is 2.28. The molecule has 0 aromatic heterocycles. The molecule has 0 bridgehead atoms. The van der Waals surface area contributed by atoms with E-state index in [0.29, 0.717) is 18.3 Å². The first-order valence-electron chi connectivity index (χ1n) is 10.6. The van der Waals surface area contributed by atoms with E-state index in [1.54, 1.807) is 0 Å². The number of guanidine groups is 1. The van der Waals surface area contributed by atoms with Crippen LogP contribution < -0.4 is 15.4 Å². The van der Waals surface area contributed by atoms with Crippen LogP contribution >= 0.6 is 24.0 Å². The summed E-state index contributed by atoms with van der Waals surface area (Å²) < 4.78 is 11.1. The van der Waals surface area contributed by atoms with Crippen LogP contribution in [0.1, 0.15) is 37.7 Å². The Hall–Kier alpha value is -1.55. The quantitative estimate of drug-likeness (QED) is 0.292. The van der Waals surface area contributed by atoms with Gasteiger partial charge in [-0.2, -0.15) is 0 Å². The highest BCUT2D eigenvalue weighted by atomic mass is 127. The van der Waals surface area contributed by atoms with E-state index in [-0.39, 0.29) is 36.5 Å². The van der Waals surface area contributed by atoms with Crippen LogP contribution in [-0.2, 0) is 16.1 Å². The van der Waals surface area contributed by atoms with E-state index in [4.69, 9.17) is 9.47 Å². The summed E-state index contributed by atoms with van der Waals surface area (Å²) in [5.41, 5.74) is 1.09. The molecule has 1 aliphatic carbocycles. The second kappa shape index (κ2) is 13.0. The number of rotatable bonds is 9. The Bertz CT molecular complexity index is 691. The molecule has 0 radical (unpaired) electrons. The summed E-state index contributed by atoms with van der Waals surface area (Å²) >= 11 is 0. The monoisotopic (exact) mass is 530 g/mol. The number of hydrogen-bond donors (Lipinski definition) is 2. The molecule has 2 N–H and O–H groups in total. The molecule has 3 rings (SSSR count). The largest absolute Gasteiger partial charge is 0.484 e. The number of nitrogens with one attached hydrogen (secondary N) is 2. The molecular weight excluding hydrogens is 495 g/mol. The third-order valence-electron chi connectivity index (χ3n) is 5.45. The van der Waals surface area contributed by atoms with Crippen LogP contribution in [0.25, 0.3) is 0 Å². The van der Waals surface area contributed by atoms with Gasteiger partial charge < -0.3 is 25.0 Å². The van der Waals surface area contributed by atoms with Gasteiger partial charge in [0.05, 0.1) is 0 Å². The van der Waals surface area contributed by atoms with Crippen molar-refractivity contribution in [3.8, 4) is 5.75 Å². The molecule has 168 valence electrons. The number of amides is 1. The van der Waals surface area contributed by atoms with Crippen LogP contribution in [0.2, 0.25) is 0 Å². The van der Waals surface area contributed by atoms with Crippen LogP contribution in [0, 0.1) is 5.92 Å². The molecule has 1 aliphatic heterocycles. The van der Waals surface area contributed by atoms with Gasteiger partial charge in [0.2, 0.25) is 0 Å². The topological polar surface area (TPSA) is 75.2 Å². The number of carbonyl (C=O) groups excluding carboxylic acids is 1. The lowest BCUT2D eigenvalue weighted by Crippen LogP contribution is -2.39. The van der Waals surface area contributed by atoms with Gasteiger partial charge in [0.25, 0.3) is 5.91 Å². The summed E-state index contributed by atoms with van der Waals surface area (Å²) in [4.78, 5) is 18.4. The minimum atomic E-state index is -0.0532. The van der Waals surface area contributed by atoms with Crippen LogP contribution in [0.3, 0.4) is 0 Å². The average Bonchev–Trinajstić information content (AvgIpc) is 3.56. The maximum absolute atomic E-state index is 11.8. The zero-order chi connectivity index (χ0) is 20.5. The van der Waals surface area contributed by atoms with Gasteiger partial charge >= 0.3 is 0 Å². The van der Waals surface area contributed by atoms with Gasteiger partial charge in [-0.3, -0.25) is 9.79 Å². The fourth-order valence-corrected chi connectivity index (χ4v) is 3.47. The fourth-order valence-electron chi connectivity index (χ4n) is 3.47. The molecule has 7 nitrogen and oxygen atoms in total. The van der Waals surface area contributed by atoms with Crippen molar-refractivity contribution in [3.05, 3.63) is 29.8 Å². The number of ether oxygens (including phenoxy) is 2. The first kappa shape index (κ1) is 24.7. The minimum absolute atomic E-state index is 0. The number of carbonyl (C=O) groups is 1. The van der Waals surface area contributed by atoms with Gasteiger partial charge in [-0.25, -0.2) is 0 Å². The highest BCUT2D eigenvalue weighted by Crippen LogP contribution is 2.19. The zero-order valence-corrected chi connectivity index (χ0v) is 20.4. The molecule has 1 saturated heterocycles. The Morgan fingerprint density at radius 2 is 2.03 bits per heavy atom. The highest BCUT2D eigenvalue weighted by molar-refractivity contribution is 14.0. The molecule has 1 saturated carbocycles. The molecule has 0 atom stereocenters. The van der Waals surface area contributed by atoms with Crippen molar-refractivity contribution in [2.75, 3.05) is 40.5 Å². The van der Waals surface area contributed by atoms with Crippen LogP contribution in [-0.4, -0.2) is 63.3 Å². The first-order valence-corrected chi connectivity index (χ1v) is 10.6. The second-order valence-electron chi connectivity index (χ2n) is 7.94. The molecule has 1 aromatic carbocycles. The standard InChI is InChI=1S/C22H34N4O3.HI/c1-23-22(26(2)11-8-17-9-12-28-13-10-17)24-15-18-4-3-5-20(14-18)29-16-21(27)25-19-6-7-19;/h3-5,14,17,19H,6-13,15-16H2,1-2H3,(H,23,24)(H,25,27);1H. The molecule has 0 spiro atoms. The summed E-state index contributed by atoms with van der Waals surface area (Å²) in [6, 6.07) is 8.19. The van der Waals surface area contributed by atoms with Gasteiger partial charge in [-0.1, -0.05) is 12.1 Å². The maximum Gasteiger partial charge on any atom is 0.258 e. The smallest absolute Gasteiger partial charge is 0.258 e. The minimum Gasteiger partial charge on any atom is -0.484 e. The van der Waals surface area contributed by atoms with E-state index in [1.165, 1.54) is 0 Å². The van der Waals surface area contributed by atoms with Crippen LogP contribution in [0.15, 0.2) is 29.3 Å². The summed E-state index contributed by atoms with van der Waals surface area (Å²) in [5, 5.41) is 6.35. The number of halogens is 1. The number of benzene rings is 1. The lowest BCUT2D eigenvalue weighted by molar-refractivity contribution is -0.123. The van der Waals surface area contributed by atoms with E-state index in [9.17, 15) is 4.79 Å². The van der Waals surface area contributed by atoms with Crippen molar-refractivity contribution in [2.24, 2.45) is 10.9 Å². The lowest BCUT2D eigenvalue weighted by Gasteiger charge is -2.26. The van der Waals surface area contributed by atoms with Gasteiger partial charge in [0.1, 0.15) is 5.75 Å². The van der Waals surface area contributed by atoms with Gasteiger partial charge in [-0.05, 0) is 55.7 Å². The fraction of sp³-hybridized carbons (Fsp3) is 0.636. The Kier molecular flexibility index (Phi) is 10.7. The molecule has 1 heterocycles. The summed E-state index contributed by atoms with van der Waals surface area (Å²) in [6.07, 6.45) is 5.64. The molecule has 8 heteroatoms. The molecule has 0 unspecified atom stereocenters. The van der Waals surface area contributed by atoms with Gasteiger partial charge in [0.15, 0.2) is 12.6 Å². The Morgan fingerprint density at radius 3 is 2.73 bits per heavy atom. The lowest BCUT2D eigenvalue weighted by atomic mass is 9.96. The number of aliphatic imine (C=N–C) groups is 1. The normalized spacial score (nSPS) is 17.1. The Labute approximate surface area is 197 Å². The van der Waals surface area contributed by atoms with Crippen LogP contribution in [0.4, 0.5) is 0 Å². The van der Waals surface area contributed by atoms with Crippen molar-refractivity contribution in [1.82, 2.24) is 15.5 Å². The highest BCUT2D eigenvalue weighted by Gasteiger charge is 2.23. The van der Waals surface area contributed by atoms with E-state index in [1.807, 2.05) is 31.3 Å². The van der Waals surface area contributed by atoms with E-state index in [2.05, 4.69) is 27.6 Å². The number of nitrogens with zero attached hydrogens (tertiary/aromatic N) is 2. The van der Waals surface area contributed by atoms with Crippen molar-refractivity contribution in [2.45, 2.75) is 44.7 Å². The van der Waals surface area contributed by atoms with Crippen molar-refractivity contribution >= 4 is 35.8 Å². The summed E-state index contributed by atoms with van der Waals surface area (Å²) in [6.45, 7) is 3.47. The van der Waals surface area contributed by atoms with Gasteiger partial charge in [-0.15, -0.1) is 24.0 Å². The van der Waals surface area contributed by atoms with E-state index in [0.717, 1.165) is 69.3 Å². The molecule has 1 aromatic rings. The van der Waals surface area contributed by atoms with E-state index >= 15 is 0 Å². The third kappa shape index (κ3) is 8.67. The Balaban J connectivity index is 0.00000320. The third-order valence-corrected chi connectivity index (χ3v) is 5.45. The number of hydrogen-bond acceptors (Lipinski definition) is 4. The molecule has 2 fully saturated rings. The van der Waals surface area contributed by atoms with Crippen molar-refractivity contribution in [1.29, 1.82) is 0 Å². The Morgan fingerprint density at radius 1 is 1.27 bits per heavy atom. The predicted molar refractivity (Wildman–Crippen MR) is 130 cm³/mol. The van der Waals surface area contributed by atoms with Crippen molar-refractivity contribution < 1.29 is 14.3 Å². The predicted octanol–water partition coefficient (Wildman–Crippen LogP) is 2.79. The van der Waals surface area contributed by atoms with Gasteiger partial charge in [0, 0.05) is 46.4 Å². The molecule has 30 heavy (non-hydrogen) atoms. The van der Waals surface area contributed by atoms with Crippen molar-refractivity contribution in [3.63, 3.8) is 0 Å². The molecule has 1 amide bonds. The molecule has 2 aliphatic rings. The molecular formula is C22H35IN4O3. The first-order chi connectivity index (χ1) is 14.1. The zero-order valence-electron chi connectivity index (χ0n) is 18.1. The SMILES string of the molecule is CN=C(NCc1cccc(OCC(=O)NC2CC2)c1)N(C)CCC1CCOCC1.I. The maximum atomic E-state index is 11.8. The van der Waals surface area contributed by atoms with Crippen LogP contribution in [0.5, 0.6) is 5.75 Å². The van der Waals surface area contributed by atoms with E-state index < -0.39 is 0 Å². The summed E-state index contributed by atoms with van der Waals surface area (Å²) in [7, 11) is 3.89. The second-order valence-corrected chi connectivity index (χ2v) is 7.94.